The Kier molecular flexibility index (Phi) is 2.03. The molecule has 5 heteroatoms. The summed E-state index contributed by atoms with van der Waals surface area (Å²) in [6, 6.07) is 3.41. The van der Waals surface area contributed by atoms with Crippen LogP contribution >= 0.6 is 0 Å². The third-order valence-electron chi connectivity index (χ3n) is 2.69. The van der Waals surface area contributed by atoms with E-state index in [0.29, 0.717) is 18.5 Å². The lowest BCUT2D eigenvalue weighted by atomic mass is 10.2. The fourth-order valence-corrected chi connectivity index (χ4v) is 1.50. The number of nitrogens with one attached hydrogen (secondary N) is 1. The third-order valence-corrected chi connectivity index (χ3v) is 2.69. The van der Waals surface area contributed by atoms with Crippen LogP contribution in [-0.2, 0) is 11.8 Å². The Hall–Kier alpha value is -1.78. The predicted octanol–water partition coefficient (Wildman–Crippen LogP) is 0.372. The van der Waals surface area contributed by atoms with Gasteiger partial charge in [0, 0.05) is 13.2 Å². The van der Waals surface area contributed by atoms with Crippen LogP contribution < -0.4 is 5.32 Å². The number of aliphatic carboxylic acids is 1. The van der Waals surface area contributed by atoms with E-state index in [1.807, 2.05) is 0 Å². The third kappa shape index (κ3) is 1.60. The van der Waals surface area contributed by atoms with Gasteiger partial charge in [-0.15, -0.1) is 0 Å². The van der Waals surface area contributed by atoms with Crippen molar-refractivity contribution in [2.24, 2.45) is 7.05 Å². The van der Waals surface area contributed by atoms with Crippen molar-refractivity contribution in [1.29, 1.82) is 0 Å². The average Bonchev–Trinajstić information content (AvgIpc) is 2.82. The second kappa shape index (κ2) is 3.12. The summed E-state index contributed by atoms with van der Waals surface area (Å²) >= 11 is 0. The van der Waals surface area contributed by atoms with E-state index in [1.165, 1.54) is 0 Å². The van der Waals surface area contributed by atoms with Gasteiger partial charge in [0.15, 0.2) is 0 Å². The lowest BCUT2D eigenvalue weighted by Gasteiger charge is -2.12. The zero-order valence-corrected chi connectivity index (χ0v) is 8.36. The molecule has 2 N–H and O–H groups in total. The van der Waals surface area contributed by atoms with E-state index in [4.69, 9.17) is 5.11 Å². The first-order valence-electron chi connectivity index (χ1n) is 4.72. The quantitative estimate of drug-likeness (QED) is 0.754. The highest BCUT2D eigenvalue weighted by Crippen LogP contribution is 2.35. The normalized spacial score (nSPS) is 17.1. The van der Waals surface area contributed by atoms with Gasteiger partial charge in [-0.05, 0) is 25.0 Å². The van der Waals surface area contributed by atoms with Gasteiger partial charge in [0.25, 0.3) is 5.91 Å². The SMILES string of the molecule is Cn1cccc1C(=O)NC1(C(=O)O)CC1. The standard InChI is InChI=1S/C10H12N2O3/c1-12-6-2-3-7(12)8(13)11-10(4-5-10)9(14)15/h2-3,6H,4-5H2,1H3,(H,11,13)(H,14,15). The minimum atomic E-state index is -1.01. The Labute approximate surface area is 86.7 Å². The maximum absolute atomic E-state index is 11.7. The summed E-state index contributed by atoms with van der Waals surface area (Å²) < 4.78 is 1.66. The summed E-state index contributed by atoms with van der Waals surface area (Å²) in [7, 11) is 1.75. The van der Waals surface area contributed by atoms with Crippen LogP contribution in [0.1, 0.15) is 23.3 Å². The number of carboxylic acids is 1. The Morgan fingerprint density at radius 3 is 2.60 bits per heavy atom. The van der Waals surface area contributed by atoms with E-state index >= 15 is 0 Å². The highest BCUT2D eigenvalue weighted by atomic mass is 16.4. The maximum atomic E-state index is 11.7. The fourth-order valence-electron chi connectivity index (χ4n) is 1.50. The zero-order chi connectivity index (χ0) is 11.1. The topological polar surface area (TPSA) is 71.3 Å². The first-order valence-corrected chi connectivity index (χ1v) is 4.72. The molecule has 80 valence electrons. The van der Waals surface area contributed by atoms with Crippen molar-refractivity contribution >= 4 is 11.9 Å². The average molecular weight is 208 g/mol. The summed E-state index contributed by atoms with van der Waals surface area (Å²) in [6.45, 7) is 0. The molecule has 1 aliphatic rings. The van der Waals surface area contributed by atoms with Gasteiger partial charge in [-0.2, -0.15) is 0 Å². The van der Waals surface area contributed by atoms with Gasteiger partial charge in [0.1, 0.15) is 11.2 Å². The molecule has 0 aromatic carbocycles. The van der Waals surface area contributed by atoms with Gasteiger partial charge in [-0.3, -0.25) is 4.79 Å². The van der Waals surface area contributed by atoms with E-state index < -0.39 is 11.5 Å². The van der Waals surface area contributed by atoms with E-state index in [0.717, 1.165) is 0 Å². The molecule has 0 bridgehead atoms. The Bertz CT molecular complexity index is 418. The highest BCUT2D eigenvalue weighted by Gasteiger charge is 2.51. The zero-order valence-electron chi connectivity index (χ0n) is 8.36. The van der Waals surface area contributed by atoms with Gasteiger partial charge >= 0.3 is 5.97 Å². The second-order valence-electron chi connectivity index (χ2n) is 3.85. The molecule has 2 rings (SSSR count). The van der Waals surface area contributed by atoms with Crippen LogP contribution in [0.15, 0.2) is 18.3 Å². The van der Waals surface area contributed by atoms with E-state index in [-0.39, 0.29) is 5.91 Å². The molecule has 1 aromatic rings. The van der Waals surface area contributed by atoms with Crippen LogP contribution in [0.5, 0.6) is 0 Å². The van der Waals surface area contributed by atoms with Gasteiger partial charge in [-0.1, -0.05) is 0 Å². The van der Waals surface area contributed by atoms with Gasteiger partial charge < -0.3 is 15.0 Å². The molecule has 1 heterocycles. The van der Waals surface area contributed by atoms with E-state index in [2.05, 4.69) is 5.32 Å². The number of hydrogen-bond donors (Lipinski definition) is 2. The van der Waals surface area contributed by atoms with Crippen molar-refractivity contribution < 1.29 is 14.7 Å². The largest absolute Gasteiger partial charge is 0.480 e. The smallest absolute Gasteiger partial charge is 0.329 e. The molecule has 0 radical (unpaired) electrons. The van der Waals surface area contributed by atoms with Crippen molar-refractivity contribution in [2.45, 2.75) is 18.4 Å². The molecular weight excluding hydrogens is 196 g/mol. The Morgan fingerprint density at radius 1 is 1.53 bits per heavy atom. The van der Waals surface area contributed by atoms with Crippen molar-refractivity contribution in [1.82, 2.24) is 9.88 Å². The van der Waals surface area contributed by atoms with Crippen molar-refractivity contribution in [3.8, 4) is 0 Å². The summed E-state index contributed by atoms with van der Waals surface area (Å²) in [4.78, 5) is 22.5. The number of carbonyl (C=O) groups is 2. The minimum Gasteiger partial charge on any atom is -0.480 e. The summed E-state index contributed by atoms with van der Waals surface area (Å²) in [6.07, 6.45) is 2.77. The molecule has 15 heavy (non-hydrogen) atoms. The number of aryl methyl sites for hydroxylation is 1. The summed E-state index contributed by atoms with van der Waals surface area (Å²) in [5.74, 6) is -1.28. The number of nitrogens with zero attached hydrogens (tertiary/aromatic N) is 1. The van der Waals surface area contributed by atoms with Crippen LogP contribution in [0.25, 0.3) is 0 Å². The molecular formula is C10H12N2O3. The first-order chi connectivity index (χ1) is 7.05. The predicted molar refractivity (Wildman–Crippen MR) is 52.5 cm³/mol. The second-order valence-corrected chi connectivity index (χ2v) is 3.85. The first kappa shape index (κ1) is 9.76. The molecule has 5 nitrogen and oxygen atoms in total. The van der Waals surface area contributed by atoms with Gasteiger partial charge in [0.05, 0.1) is 0 Å². The lowest BCUT2D eigenvalue weighted by molar-refractivity contribution is -0.140. The number of carboxylic acid groups (broad SMARTS) is 1. The molecule has 0 saturated heterocycles. The van der Waals surface area contributed by atoms with Crippen LogP contribution in [0, 0.1) is 0 Å². The fraction of sp³-hybridized carbons (Fsp3) is 0.400. The number of rotatable bonds is 3. The molecule has 0 unspecified atom stereocenters. The molecule has 0 atom stereocenters. The number of carbonyl (C=O) groups excluding carboxylic acids is 1. The van der Waals surface area contributed by atoms with Gasteiger partial charge in [-0.25, -0.2) is 4.79 Å². The maximum Gasteiger partial charge on any atom is 0.329 e. The highest BCUT2D eigenvalue weighted by molar-refractivity contribution is 5.97. The van der Waals surface area contributed by atoms with E-state index in [1.54, 1.807) is 29.9 Å². The summed E-state index contributed by atoms with van der Waals surface area (Å²) in [5.41, 5.74) is -0.538. The number of hydrogen-bond acceptors (Lipinski definition) is 2. The molecule has 1 fully saturated rings. The van der Waals surface area contributed by atoms with Crippen molar-refractivity contribution in [3.63, 3.8) is 0 Å². The van der Waals surface area contributed by atoms with Gasteiger partial charge in [0.2, 0.25) is 0 Å². The van der Waals surface area contributed by atoms with Crippen molar-refractivity contribution in [2.75, 3.05) is 0 Å². The monoisotopic (exact) mass is 208 g/mol. The van der Waals surface area contributed by atoms with Crippen LogP contribution in [-0.4, -0.2) is 27.1 Å². The van der Waals surface area contributed by atoms with E-state index in [9.17, 15) is 9.59 Å². The molecule has 0 spiro atoms. The molecule has 0 aliphatic heterocycles. The summed E-state index contributed by atoms with van der Waals surface area (Å²) in [5, 5.41) is 11.4. The number of amides is 1. The minimum absolute atomic E-state index is 0.331. The van der Waals surface area contributed by atoms with Crippen LogP contribution in [0.2, 0.25) is 0 Å². The lowest BCUT2D eigenvalue weighted by Crippen LogP contribution is -2.43. The Balaban J connectivity index is 2.11. The molecule has 1 aliphatic carbocycles. The van der Waals surface area contributed by atoms with Crippen molar-refractivity contribution in [3.05, 3.63) is 24.0 Å². The number of aromatic nitrogens is 1. The molecule has 1 aromatic heterocycles. The molecule has 1 amide bonds. The van der Waals surface area contributed by atoms with Crippen LogP contribution in [0.4, 0.5) is 0 Å². The molecule has 1 saturated carbocycles. The Morgan fingerprint density at radius 2 is 2.20 bits per heavy atom. The van der Waals surface area contributed by atoms with Crippen LogP contribution in [0.3, 0.4) is 0 Å².